The Morgan fingerprint density at radius 3 is 2.20 bits per heavy atom. The summed E-state index contributed by atoms with van der Waals surface area (Å²) in [6.07, 6.45) is 14.2. The highest BCUT2D eigenvalue weighted by molar-refractivity contribution is 5.78. The molecule has 0 aliphatic heterocycles. The minimum atomic E-state index is 0.202. The van der Waals surface area contributed by atoms with Crippen molar-refractivity contribution in [2.75, 3.05) is 6.54 Å². The Morgan fingerprint density at radius 1 is 0.900 bits per heavy atom. The molecule has 20 heavy (non-hydrogen) atoms. The number of carbonyl (C=O) groups excluding carboxylic acids is 1. The molecule has 2 unspecified atom stereocenters. The molecular formula is C17H32N2O. The molecule has 2 atom stereocenters. The Bertz CT molecular complexity index is 285. The lowest BCUT2D eigenvalue weighted by molar-refractivity contribution is -0.121. The van der Waals surface area contributed by atoms with Crippen molar-refractivity contribution in [1.82, 2.24) is 10.6 Å². The highest BCUT2D eigenvalue weighted by Gasteiger charge is 2.21. The van der Waals surface area contributed by atoms with Crippen molar-refractivity contribution in [2.45, 2.75) is 89.6 Å². The van der Waals surface area contributed by atoms with Crippen molar-refractivity contribution in [3.05, 3.63) is 0 Å². The van der Waals surface area contributed by atoms with Gasteiger partial charge in [-0.3, -0.25) is 4.79 Å². The number of hydrogen-bond acceptors (Lipinski definition) is 2. The van der Waals surface area contributed by atoms with E-state index < -0.39 is 0 Å². The van der Waals surface area contributed by atoms with E-state index >= 15 is 0 Å². The maximum absolute atomic E-state index is 12.1. The van der Waals surface area contributed by atoms with E-state index in [0.717, 1.165) is 5.92 Å². The van der Waals surface area contributed by atoms with Gasteiger partial charge in [0.25, 0.3) is 0 Å². The molecule has 2 aliphatic carbocycles. The fraction of sp³-hybridized carbons (Fsp3) is 0.941. The third-order valence-corrected chi connectivity index (χ3v) is 5.11. The summed E-state index contributed by atoms with van der Waals surface area (Å²) >= 11 is 0. The summed E-state index contributed by atoms with van der Waals surface area (Å²) in [4.78, 5) is 12.1. The van der Waals surface area contributed by atoms with Gasteiger partial charge in [0.05, 0.1) is 6.54 Å². The van der Waals surface area contributed by atoms with Gasteiger partial charge in [-0.05, 0) is 31.6 Å². The SMILES string of the molecule is CC1CCCCC1NCC(=O)NC1CCCCCCC1. The van der Waals surface area contributed by atoms with Gasteiger partial charge in [-0.1, -0.05) is 51.9 Å². The van der Waals surface area contributed by atoms with Crippen LogP contribution in [-0.4, -0.2) is 24.5 Å². The molecule has 3 nitrogen and oxygen atoms in total. The van der Waals surface area contributed by atoms with Gasteiger partial charge < -0.3 is 10.6 Å². The Labute approximate surface area is 124 Å². The Balaban J connectivity index is 1.65. The van der Waals surface area contributed by atoms with Crippen LogP contribution in [0.4, 0.5) is 0 Å². The predicted octanol–water partition coefficient (Wildman–Crippen LogP) is 3.38. The summed E-state index contributed by atoms with van der Waals surface area (Å²) < 4.78 is 0. The molecule has 116 valence electrons. The van der Waals surface area contributed by atoms with Gasteiger partial charge >= 0.3 is 0 Å². The van der Waals surface area contributed by atoms with Crippen LogP contribution in [0.2, 0.25) is 0 Å². The molecule has 0 bridgehead atoms. The first-order valence-corrected chi connectivity index (χ1v) is 8.78. The second kappa shape index (κ2) is 8.66. The Kier molecular flexibility index (Phi) is 6.85. The minimum Gasteiger partial charge on any atom is -0.352 e. The molecule has 2 rings (SSSR count). The van der Waals surface area contributed by atoms with Crippen molar-refractivity contribution < 1.29 is 4.79 Å². The van der Waals surface area contributed by atoms with Crippen molar-refractivity contribution >= 4 is 5.91 Å². The average Bonchev–Trinajstić information content (AvgIpc) is 2.41. The van der Waals surface area contributed by atoms with Crippen molar-refractivity contribution in [2.24, 2.45) is 5.92 Å². The van der Waals surface area contributed by atoms with Crippen LogP contribution in [0.5, 0.6) is 0 Å². The summed E-state index contributed by atoms with van der Waals surface area (Å²) in [5, 5.41) is 6.72. The summed E-state index contributed by atoms with van der Waals surface area (Å²) in [5.74, 6) is 0.922. The summed E-state index contributed by atoms with van der Waals surface area (Å²) in [7, 11) is 0. The smallest absolute Gasteiger partial charge is 0.234 e. The Hall–Kier alpha value is -0.570. The maximum Gasteiger partial charge on any atom is 0.234 e. The van der Waals surface area contributed by atoms with E-state index in [2.05, 4.69) is 17.6 Å². The fourth-order valence-electron chi connectivity index (χ4n) is 3.72. The summed E-state index contributed by atoms with van der Waals surface area (Å²) in [6, 6.07) is 0.972. The minimum absolute atomic E-state index is 0.202. The largest absolute Gasteiger partial charge is 0.352 e. The van der Waals surface area contributed by atoms with Gasteiger partial charge in [-0.25, -0.2) is 0 Å². The van der Waals surface area contributed by atoms with E-state index in [-0.39, 0.29) is 5.91 Å². The third-order valence-electron chi connectivity index (χ3n) is 5.11. The highest BCUT2D eigenvalue weighted by Crippen LogP contribution is 2.23. The average molecular weight is 280 g/mol. The summed E-state index contributed by atoms with van der Waals surface area (Å²) in [5.41, 5.74) is 0. The van der Waals surface area contributed by atoms with E-state index in [1.54, 1.807) is 0 Å². The van der Waals surface area contributed by atoms with Crippen molar-refractivity contribution in [3.63, 3.8) is 0 Å². The molecule has 0 radical (unpaired) electrons. The van der Waals surface area contributed by atoms with Gasteiger partial charge in [0.15, 0.2) is 0 Å². The van der Waals surface area contributed by atoms with Crippen molar-refractivity contribution in [1.29, 1.82) is 0 Å². The quantitative estimate of drug-likeness (QED) is 0.829. The molecule has 2 N–H and O–H groups in total. The first-order valence-electron chi connectivity index (χ1n) is 8.78. The normalized spacial score (nSPS) is 29.4. The van der Waals surface area contributed by atoms with Crippen LogP contribution in [0.25, 0.3) is 0 Å². The van der Waals surface area contributed by atoms with Crippen LogP contribution in [0.15, 0.2) is 0 Å². The van der Waals surface area contributed by atoms with Crippen LogP contribution in [0.1, 0.15) is 77.6 Å². The van der Waals surface area contributed by atoms with E-state index in [4.69, 9.17) is 0 Å². The molecule has 1 amide bonds. The standard InChI is InChI=1S/C17H32N2O/c1-14-9-7-8-12-16(14)18-13-17(20)19-15-10-5-3-2-4-6-11-15/h14-16,18H,2-13H2,1H3,(H,19,20). The number of amides is 1. The number of carbonyl (C=O) groups is 1. The zero-order chi connectivity index (χ0) is 14.2. The monoisotopic (exact) mass is 280 g/mol. The highest BCUT2D eigenvalue weighted by atomic mass is 16.1. The lowest BCUT2D eigenvalue weighted by atomic mass is 9.86. The Morgan fingerprint density at radius 2 is 1.50 bits per heavy atom. The maximum atomic E-state index is 12.1. The van der Waals surface area contributed by atoms with E-state index in [1.165, 1.54) is 70.6 Å². The van der Waals surface area contributed by atoms with E-state index in [1.807, 2.05) is 0 Å². The zero-order valence-electron chi connectivity index (χ0n) is 13.1. The van der Waals surface area contributed by atoms with Crippen LogP contribution >= 0.6 is 0 Å². The number of hydrogen-bond donors (Lipinski definition) is 2. The van der Waals surface area contributed by atoms with Crippen molar-refractivity contribution in [3.8, 4) is 0 Å². The van der Waals surface area contributed by atoms with Crippen LogP contribution < -0.4 is 10.6 Å². The molecular weight excluding hydrogens is 248 g/mol. The zero-order valence-corrected chi connectivity index (χ0v) is 13.1. The first-order chi connectivity index (χ1) is 9.75. The third kappa shape index (κ3) is 5.43. The van der Waals surface area contributed by atoms with Gasteiger partial charge in [0.1, 0.15) is 0 Å². The molecule has 0 aromatic carbocycles. The molecule has 0 aromatic heterocycles. The predicted molar refractivity (Wildman–Crippen MR) is 83.7 cm³/mol. The van der Waals surface area contributed by atoms with Crippen LogP contribution in [0.3, 0.4) is 0 Å². The molecule has 2 fully saturated rings. The van der Waals surface area contributed by atoms with E-state index in [0.29, 0.717) is 18.6 Å². The molecule has 0 spiro atoms. The van der Waals surface area contributed by atoms with E-state index in [9.17, 15) is 4.79 Å². The molecule has 2 saturated carbocycles. The van der Waals surface area contributed by atoms with Gasteiger partial charge in [0.2, 0.25) is 5.91 Å². The van der Waals surface area contributed by atoms with Gasteiger partial charge in [0, 0.05) is 12.1 Å². The van der Waals surface area contributed by atoms with Crippen LogP contribution in [-0.2, 0) is 4.79 Å². The topological polar surface area (TPSA) is 41.1 Å². The second-order valence-electron chi connectivity index (χ2n) is 6.86. The molecule has 2 aliphatic rings. The lowest BCUT2D eigenvalue weighted by Gasteiger charge is -2.29. The lowest BCUT2D eigenvalue weighted by Crippen LogP contribution is -2.45. The van der Waals surface area contributed by atoms with Gasteiger partial charge in [-0.15, -0.1) is 0 Å². The molecule has 3 heteroatoms. The number of rotatable bonds is 4. The molecule has 0 saturated heterocycles. The number of nitrogens with one attached hydrogen (secondary N) is 2. The molecule has 0 heterocycles. The first kappa shape index (κ1) is 15.8. The fourth-order valence-corrected chi connectivity index (χ4v) is 3.72. The van der Waals surface area contributed by atoms with Crippen LogP contribution in [0, 0.1) is 5.92 Å². The second-order valence-corrected chi connectivity index (χ2v) is 6.86. The van der Waals surface area contributed by atoms with Gasteiger partial charge in [-0.2, -0.15) is 0 Å². The molecule has 0 aromatic rings. The summed E-state index contributed by atoms with van der Waals surface area (Å²) in [6.45, 7) is 2.81.